The van der Waals surface area contributed by atoms with Crippen molar-refractivity contribution in [3.63, 3.8) is 0 Å². The Bertz CT molecular complexity index is 879. The minimum Gasteiger partial charge on any atom is -0.338 e. The Balaban J connectivity index is 1.82. The zero-order chi connectivity index (χ0) is 19.4. The molecule has 3 rings (SSSR count). The molecule has 2 aromatic rings. The Morgan fingerprint density at radius 1 is 1.11 bits per heavy atom. The standard InChI is InChI=1S/C21H26N2O3S/c1-3-23(27(25,26)20-9-5-4-6-10-20)19-13-11-18(12-14-19)21(24)22-15-7-8-17(2)16-22/h4-6,9-14,17H,3,7-8,15-16H2,1-2H3. The molecule has 1 unspecified atom stereocenters. The Morgan fingerprint density at radius 3 is 2.37 bits per heavy atom. The van der Waals surface area contributed by atoms with Gasteiger partial charge in [-0.2, -0.15) is 0 Å². The fourth-order valence-electron chi connectivity index (χ4n) is 3.54. The van der Waals surface area contributed by atoms with Crippen molar-refractivity contribution in [2.75, 3.05) is 23.9 Å². The lowest BCUT2D eigenvalue weighted by Gasteiger charge is -2.31. The Hall–Kier alpha value is -2.34. The summed E-state index contributed by atoms with van der Waals surface area (Å²) in [6.07, 6.45) is 2.19. The molecule has 0 aliphatic carbocycles. The first-order chi connectivity index (χ1) is 12.9. The highest BCUT2D eigenvalue weighted by atomic mass is 32.2. The third kappa shape index (κ3) is 4.16. The first-order valence-corrected chi connectivity index (χ1v) is 10.8. The summed E-state index contributed by atoms with van der Waals surface area (Å²) in [6.45, 7) is 5.84. The third-order valence-corrected chi connectivity index (χ3v) is 6.88. The highest BCUT2D eigenvalue weighted by Gasteiger charge is 2.25. The molecule has 0 saturated carbocycles. The van der Waals surface area contributed by atoms with E-state index in [9.17, 15) is 13.2 Å². The van der Waals surface area contributed by atoms with Crippen LogP contribution in [0.15, 0.2) is 59.5 Å². The molecule has 0 spiro atoms. The van der Waals surface area contributed by atoms with Crippen LogP contribution < -0.4 is 4.31 Å². The number of piperidine rings is 1. The molecular weight excluding hydrogens is 360 g/mol. The first-order valence-electron chi connectivity index (χ1n) is 9.40. The van der Waals surface area contributed by atoms with Crippen LogP contribution in [0, 0.1) is 5.92 Å². The fraction of sp³-hybridized carbons (Fsp3) is 0.381. The van der Waals surface area contributed by atoms with Crippen molar-refractivity contribution in [1.82, 2.24) is 4.90 Å². The van der Waals surface area contributed by atoms with Gasteiger partial charge in [0.15, 0.2) is 0 Å². The molecule has 1 heterocycles. The lowest BCUT2D eigenvalue weighted by Crippen LogP contribution is -2.39. The summed E-state index contributed by atoms with van der Waals surface area (Å²) >= 11 is 0. The second kappa shape index (κ2) is 8.13. The Kier molecular flexibility index (Phi) is 5.85. The van der Waals surface area contributed by atoms with Crippen LogP contribution in [0.25, 0.3) is 0 Å². The molecule has 27 heavy (non-hydrogen) atoms. The van der Waals surface area contributed by atoms with E-state index in [1.807, 2.05) is 4.90 Å². The van der Waals surface area contributed by atoms with E-state index in [0.29, 0.717) is 23.7 Å². The van der Waals surface area contributed by atoms with Crippen molar-refractivity contribution in [3.05, 3.63) is 60.2 Å². The number of carbonyl (C=O) groups is 1. The maximum absolute atomic E-state index is 12.9. The molecular formula is C21H26N2O3S. The van der Waals surface area contributed by atoms with Crippen LogP contribution in [0.4, 0.5) is 5.69 Å². The molecule has 0 N–H and O–H groups in total. The predicted octanol–water partition coefficient (Wildman–Crippen LogP) is 3.77. The van der Waals surface area contributed by atoms with E-state index >= 15 is 0 Å². The molecule has 1 atom stereocenters. The van der Waals surface area contributed by atoms with Crippen molar-refractivity contribution >= 4 is 21.6 Å². The summed E-state index contributed by atoms with van der Waals surface area (Å²) in [5.41, 5.74) is 1.16. The predicted molar refractivity (Wildman–Crippen MR) is 107 cm³/mol. The molecule has 1 aliphatic rings. The number of likely N-dealkylation sites (tertiary alicyclic amines) is 1. The Labute approximate surface area is 161 Å². The largest absolute Gasteiger partial charge is 0.338 e. The maximum atomic E-state index is 12.9. The molecule has 0 aromatic heterocycles. The normalized spacial score (nSPS) is 17.6. The molecule has 1 aliphatic heterocycles. The summed E-state index contributed by atoms with van der Waals surface area (Å²) in [7, 11) is -3.63. The molecule has 5 nitrogen and oxygen atoms in total. The topological polar surface area (TPSA) is 57.7 Å². The third-order valence-electron chi connectivity index (χ3n) is 4.96. The van der Waals surface area contributed by atoms with Crippen molar-refractivity contribution in [3.8, 4) is 0 Å². The molecule has 1 fully saturated rings. The van der Waals surface area contributed by atoms with E-state index in [2.05, 4.69) is 6.92 Å². The zero-order valence-electron chi connectivity index (χ0n) is 15.8. The minimum atomic E-state index is -3.63. The van der Waals surface area contributed by atoms with E-state index in [1.165, 1.54) is 4.31 Å². The SMILES string of the molecule is CCN(c1ccc(C(=O)N2CCCC(C)C2)cc1)S(=O)(=O)c1ccccc1. The van der Waals surface area contributed by atoms with Gasteiger partial charge in [0.2, 0.25) is 0 Å². The number of carbonyl (C=O) groups excluding carboxylic acids is 1. The minimum absolute atomic E-state index is 0.0158. The molecule has 1 saturated heterocycles. The smallest absolute Gasteiger partial charge is 0.264 e. The van der Waals surface area contributed by atoms with Gasteiger partial charge >= 0.3 is 0 Å². The number of nitrogens with zero attached hydrogens (tertiary/aromatic N) is 2. The van der Waals surface area contributed by atoms with Gasteiger partial charge in [-0.05, 0) is 62.1 Å². The van der Waals surface area contributed by atoms with Crippen molar-refractivity contribution in [2.24, 2.45) is 5.92 Å². The molecule has 0 radical (unpaired) electrons. The van der Waals surface area contributed by atoms with Crippen LogP contribution in [-0.2, 0) is 10.0 Å². The second-order valence-electron chi connectivity index (χ2n) is 7.03. The van der Waals surface area contributed by atoms with Gasteiger partial charge in [-0.25, -0.2) is 8.42 Å². The van der Waals surface area contributed by atoms with Gasteiger partial charge in [0.1, 0.15) is 0 Å². The van der Waals surface area contributed by atoms with Gasteiger partial charge in [0.05, 0.1) is 10.6 Å². The van der Waals surface area contributed by atoms with Gasteiger partial charge in [-0.1, -0.05) is 25.1 Å². The second-order valence-corrected chi connectivity index (χ2v) is 8.89. The average molecular weight is 387 g/mol. The van der Waals surface area contributed by atoms with E-state index < -0.39 is 10.0 Å². The van der Waals surface area contributed by atoms with E-state index in [0.717, 1.165) is 25.9 Å². The van der Waals surface area contributed by atoms with E-state index in [1.54, 1.807) is 61.5 Å². The molecule has 144 valence electrons. The summed E-state index contributed by atoms with van der Waals surface area (Å²) in [6, 6.07) is 15.3. The maximum Gasteiger partial charge on any atom is 0.264 e. The zero-order valence-corrected chi connectivity index (χ0v) is 16.7. The van der Waals surface area contributed by atoms with Gasteiger partial charge < -0.3 is 4.90 Å². The van der Waals surface area contributed by atoms with E-state index in [-0.39, 0.29) is 10.8 Å². The van der Waals surface area contributed by atoms with Crippen molar-refractivity contribution in [2.45, 2.75) is 31.6 Å². The molecule has 6 heteroatoms. The van der Waals surface area contributed by atoms with Gasteiger partial charge in [-0.3, -0.25) is 9.10 Å². The average Bonchev–Trinajstić information content (AvgIpc) is 2.69. The number of hydrogen-bond acceptors (Lipinski definition) is 3. The van der Waals surface area contributed by atoms with Crippen molar-refractivity contribution < 1.29 is 13.2 Å². The van der Waals surface area contributed by atoms with Gasteiger partial charge in [0.25, 0.3) is 15.9 Å². The summed E-state index contributed by atoms with van der Waals surface area (Å²) in [5, 5.41) is 0. The van der Waals surface area contributed by atoms with Crippen LogP contribution >= 0.6 is 0 Å². The van der Waals surface area contributed by atoms with E-state index in [4.69, 9.17) is 0 Å². The number of rotatable bonds is 5. The quantitative estimate of drug-likeness (QED) is 0.786. The molecule has 1 amide bonds. The monoisotopic (exact) mass is 386 g/mol. The van der Waals surface area contributed by atoms with Crippen LogP contribution in [-0.4, -0.2) is 38.9 Å². The number of benzene rings is 2. The fourth-order valence-corrected chi connectivity index (χ4v) is 5.03. The number of anilines is 1. The highest BCUT2D eigenvalue weighted by Crippen LogP contribution is 2.25. The first kappa shape index (κ1) is 19.4. The molecule has 2 aromatic carbocycles. The van der Waals surface area contributed by atoms with Crippen LogP contribution in [0.2, 0.25) is 0 Å². The summed E-state index contributed by atoms with van der Waals surface area (Å²) in [5.74, 6) is 0.538. The lowest BCUT2D eigenvalue weighted by molar-refractivity contribution is 0.0683. The van der Waals surface area contributed by atoms with Crippen LogP contribution in [0.5, 0.6) is 0 Å². The number of sulfonamides is 1. The number of hydrogen-bond donors (Lipinski definition) is 0. The van der Waals surface area contributed by atoms with Crippen molar-refractivity contribution in [1.29, 1.82) is 0 Å². The van der Waals surface area contributed by atoms with Gasteiger partial charge in [-0.15, -0.1) is 0 Å². The number of amides is 1. The van der Waals surface area contributed by atoms with Gasteiger partial charge in [0, 0.05) is 25.2 Å². The summed E-state index contributed by atoms with van der Waals surface area (Å²) < 4.78 is 27.2. The lowest BCUT2D eigenvalue weighted by atomic mass is 9.99. The Morgan fingerprint density at radius 2 is 1.78 bits per heavy atom. The summed E-state index contributed by atoms with van der Waals surface area (Å²) in [4.78, 5) is 14.9. The van der Waals surface area contributed by atoms with Crippen LogP contribution in [0.3, 0.4) is 0 Å². The van der Waals surface area contributed by atoms with Crippen LogP contribution in [0.1, 0.15) is 37.0 Å². The molecule has 0 bridgehead atoms. The highest BCUT2D eigenvalue weighted by molar-refractivity contribution is 7.92.